The van der Waals surface area contributed by atoms with E-state index >= 15 is 0 Å². The number of piperazine rings is 1. The van der Waals surface area contributed by atoms with Crippen LogP contribution in [0.3, 0.4) is 0 Å². The molecule has 0 unspecified atom stereocenters. The van der Waals surface area contributed by atoms with E-state index in [0.717, 1.165) is 7.11 Å². The van der Waals surface area contributed by atoms with Crippen LogP contribution in [0, 0.1) is 0 Å². The van der Waals surface area contributed by atoms with Crippen LogP contribution in [0.5, 0.6) is 0 Å². The van der Waals surface area contributed by atoms with Gasteiger partial charge in [-0.3, -0.25) is 29.0 Å². The van der Waals surface area contributed by atoms with E-state index in [2.05, 4.69) is 14.2 Å². The van der Waals surface area contributed by atoms with E-state index in [1.807, 2.05) is 0 Å². The minimum atomic E-state index is -1.33. The Hall–Kier alpha value is -2.73. The highest BCUT2D eigenvalue weighted by Gasteiger charge is 2.46. The summed E-state index contributed by atoms with van der Waals surface area (Å²) in [6.45, 7) is -1.00. The van der Waals surface area contributed by atoms with Gasteiger partial charge in [-0.15, -0.1) is 0 Å². The zero-order valence-corrected chi connectivity index (χ0v) is 15.3. The summed E-state index contributed by atoms with van der Waals surface area (Å²) in [4.78, 5) is 61.7. The van der Waals surface area contributed by atoms with Crippen LogP contribution in [-0.2, 0) is 42.9 Å². The molecule has 1 heterocycles. The van der Waals surface area contributed by atoms with Crippen molar-refractivity contribution in [3.63, 3.8) is 0 Å². The molecule has 152 valence electrons. The minimum Gasteiger partial charge on any atom is -0.468 e. The Kier molecular flexibility index (Phi) is 8.62. The molecule has 1 aliphatic rings. The first kappa shape index (κ1) is 22.3. The highest BCUT2D eigenvalue weighted by Crippen LogP contribution is 2.19. The second-order valence-electron chi connectivity index (χ2n) is 5.57. The summed E-state index contributed by atoms with van der Waals surface area (Å²) in [5.41, 5.74) is 5.44. The van der Waals surface area contributed by atoms with Crippen LogP contribution in [0.25, 0.3) is 0 Å². The van der Waals surface area contributed by atoms with Gasteiger partial charge in [0.2, 0.25) is 5.91 Å². The van der Waals surface area contributed by atoms with Crippen LogP contribution in [0.2, 0.25) is 0 Å². The molecule has 0 aromatic carbocycles. The van der Waals surface area contributed by atoms with Gasteiger partial charge >= 0.3 is 23.9 Å². The number of rotatable bonds is 8. The minimum absolute atomic E-state index is 0.133. The first-order valence-corrected chi connectivity index (χ1v) is 7.89. The summed E-state index contributed by atoms with van der Waals surface area (Å²) in [5.74, 6) is -3.97. The largest absolute Gasteiger partial charge is 0.468 e. The number of methoxy groups -OCH3 is 3. The smallest absolute Gasteiger partial charge is 0.344 e. The van der Waals surface area contributed by atoms with E-state index in [1.165, 1.54) is 24.0 Å². The quantitative estimate of drug-likeness (QED) is 0.331. The van der Waals surface area contributed by atoms with Gasteiger partial charge in [-0.25, -0.2) is 4.79 Å². The molecule has 2 atom stereocenters. The van der Waals surface area contributed by atoms with Crippen molar-refractivity contribution in [2.24, 2.45) is 5.73 Å². The fourth-order valence-electron chi connectivity index (χ4n) is 2.64. The summed E-state index contributed by atoms with van der Waals surface area (Å²) < 4.78 is 18.4. The predicted octanol–water partition coefficient (Wildman–Crippen LogP) is -3.11. The fourth-order valence-corrected chi connectivity index (χ4v) is 2.64. The number of primary amides is 1. The van der Waals surface area contributed by atoms with Crippen molar-refractivity contribution in [3.8, 4) is 0 Å². The number of amides is 1. The molecular formula is C15H23N3O9. The average molecular weight is 389 g/mol. The van der Waals surface area contributed by atoms with Gasteiger partial charge in [-0.05, 0) is 0 Å². The second kappa shape index (κ2) is 10.4. The van der Waals surface area contributed by atoms with Gasteiger partial charge < -0.3 is 24.7 Å². The maximum atomic E-state index is 12.5. The van der Waals surface area contributed by atoms with Crippen molar-refractivity contribution in [1.82, 2.24) is 9.80 Å². The number of esters is 4. The molecule has 0 spiro atoms. The molecule has 12 heteroatoms. The third-order valence-electron chi connectivity index (χ3n) is 3.97. The Labute approximate surface area is 155 Å². The third kappa shape index (κ3) is 6.18. The Bertz CT molecular complexity index is 595. The molecule has 1 rings (SSSR count). The van der Waals surface area contributed by atoms with E-state index in [1.54, 1.807) is 0 Å². The molecule has 2 N–H and O–H groups in total. The van der Waals surface area contributed by atoms with Crippen molar-refractivity contribution in [2.75, 3.05) is 54.1 Å². The molecule has 0 aromatic heterocycles. The zero-order valence-electron chi connectivity index (χ0n) is 15.3. The van der Waals surface area contributed by atoms with Gasteiger partial charge in [0.05, 0.1) is 34.4 Å². The number of carbonyl (C=O) groups is 5. The van der Waals surface area contributed by atoms with Crippen molar-refractivity contribution < 1.29 is 42.9 Å². The van der Waals surface area contributed by atoms with Gasteiger partial charge in [0.15, 0.2) is 6.61 Å². The highest BCUT2D eigenvalue weighted by molar-refractivity contribution is 5.91. The molecule has 0 aliphatic carbocycles. The lowest BCUT2D eigenvalue weighted by Crippen LogP contribution is -2.68. The van der Waals surface area contributed by atoms with E-state index in [-0.39, 0.29) is 26.2 Å². The van der Waals surface area contributed by atoms with Gasteiger partial charge in [0, 0.05) is 13.1 Å². The molecule has 27 heavy (non-hydrogen) atoms. The number of hydrogen-bond donors (Lipinski definition) is 1. The molecule has 1 saturated heterocycles. The van der Waals surface area contributed by atoms with Gasteiger partial charge in [-0.2, -0.15) is 0 Å². The normalized spacial score (nSPS) is 20.4. The standard InChI is InChI=1S/C15H23N3O9/c1-24-9(19)6-17-4-5-18(7-10(20)25-2)13(12(17)14(16)22)15(23)27-8-11(21)26-3/h12-13H,4-8H2,1-3H3,(H2,16,22)/t12-,13+/m1/s1. The summed E-state index contributed by atoms with van der Waals surface area (Å²) in [6, 6.07) is -2.61. The van der Waals surface area contributed by atoms with E-state index in [4.69, 9.17) is 10.5 Å². The van der Waals surface area contributed by atoms with E-state index in [9.17, 15) is 24.0 Å². The number of nitrogens with two attached hydrogens (primary N) is 1. The van der Waals surface area contributed by atoms with Crippen LogP contribution < -0.4 is 5.73 Å². The SMILES string of the molecule is COC(=O)COC(=O)[C@@H]1[C@H](C(N)=O)N(CC(=O)OC)CCN1CC(=O)OC. The first-order valence-electron chi connectivity index (χ1n) is 7.89. The lowest BCUT2D eigenvalue weighted by molar-refractivity contribution is -0.168. The Balaban J connectivity index is 3.11. The van der Waals surface area contributed by atoms with E-state index < -0.39 is 48.5 Å². The monoisotopic (exact) mass is 389 g/mol. The Morgan fingerprint density at radius 2 is 1.26 bits per heavy atom. The maximum absolute atomic E-state index is 12.5. The molecule has 12 nitrogen and oxygen atoms in total. The summed E-state index contributed by atoms with van der Waals surface area (Å²) in [6.07, 6.45) is 0. The average Bonchev–Trinajstić information content (AvgIpc) is 2.65. The van der Waals surface area contributed by atoms with Crippen molar-refractivity contribution in [2.45, 2.75) is 12.1 Å². The predicted molar refractivity (Wildman–Crippen MR) is 86.9 cm³/mol. The van der Waals surface area contributed by atoms with Crippen LogP contribution >= 0.6 is 0 Å². The maximum Gasteiger partial charge on any atom is 0.344 e. The van der Waals surface area contributed by atoms with Crippen LogP contribution in [-0.4, -0.2) is 106 Å². The molecule has 0 aromatic rings. The lowest BCUT2D eigenvalue weighted by atomic mass is 10.00. The Morgan fingerprint density at radius 1 is 0.815 bits per heavy atom. The van der Waals surface area contributed by atoms with Crippen LogP contribution in [0.1, 0.15) is 0 Å². The van der Waals surface area contributed by atoms with Crippen LogP contribution in [0.4, 0.5) is 0 Å². The zero-order chi connectivity index (χ0) is 20.6. The van der Waals surface area contributed by atoms with E-state index in [0.29, 0.717) is 0 Å². The molecule has 0 bridgehead atoms. The third-order valence-corrected chi connectivity index (χ3v) is 3.97. The van der Waals surface area contributed by atoms with Gasteiger partial charge in [-0.1, -0.05) is 0 Å². The summed E-state index contributed by atoms with van der Waals surface area (Å²) in [7, 11) is 3.47. The molecule has 0 saturated carbocycles. The number of hydrogen-bond acceptors (Lipinski definition) is 11. The summed E-state index contributed by atoms with van der Waals surface area (Å²) in [5, 5.41) is 0. The molecule has 1 aliphatic heterocycles. The molecule has 1 amide bonds. The molecular weight excluding hydrogens is 366 g/mol. The molecule has 0 radical (unpaired) electrons. The van der Waals surface area contributed by atoms with Crippen molar-refractivity contribution >= 4 is 29.8 Å². The van der Waals surface area contributed by atoms with Crippen LogP contribution in [0.15, 0.2) is 0 Å². The fraction of sp³-hybridized carbons (Fsp3) is 0.667. The van der Waals surface area contributed by atoms with Gasteiger partial charge in [0.25, 0.3) is 0 Å². The lowest BCUT2D eigenvalue weighted by Gasteiger charge is -2.43. The highest BCUT2D eigenvalue weighted by atomic mass is 16.6. The van der Waals surface area contributed by atoms with Crippen molar-refractivity contribution in [3.05, 3.63) is 0 Å². The van der Waals surface area contributed by atoms with Gasteiger partial charge in [0.1, 0.15) is 12.1 Å². The number of carbonyl (C=O) groups excluding carboxylic acids is 5. The summed E-state index contributed by atoms with van der Waals surface area (Å²) >= 11 is 0. The second-order valence-corrected chi connectivity index (χ2v) is 5.57. The first-order chi connectivity index (χ1) is 12.7. The van der Waals surface area contributed by atoms with Crippen molar-refractivity contribution in [1.29, 1.82) is 0 Å². The molecule has 1 fully saturated rings. The number of ether oxygens (including phenoxy) is 4. The Morgan fingerprint density at radius 3 is 1.67 bits per heavy atom. The number of nitrogens with zero attached hydrogens (tertiary/aromatic N) is 2. The topological polar surface area (TPSA) is 155 Å².